The zero-order valence-electron chi connectivity index (χ0n) is 15.8. The quantitative estimate of drug-likeness (QED) is 0.913. The topological polar surface area (TPSA) is 48.6 Å². The minimum atomic E-state index is 0.0769. The van der Waals surface area contributed by atoms with E-state index in [0.29, 0.717) is 17.7 Å². The molecule has 140 valence electrons. The molecule has 2 aliphatic rings. The van der Waals surface area contributed by atoms with Gasteiger partial charge in [-0.25, -0.2) is 0 Å². The number of amides is 1. The molecule has 1 aromatic carbocycles. The number of aromatic amines is 1. The minimum Gasteiger partial charge on any atom is -0.497 e. The van der Waals surface area contributed by atoms with Crippen LogP contribution in [0.1, 0.15) is 42.6 Å². The van der Waals surface area contributed by atoms with Gasteiger partial charge < -0.3 is 19.5 Å². The molecule has 0 saturated carbocycles. The molecule has 26 heavy (non-hydrogen) atoms. The summed E-state index contributed by atoms with van der Waals surface area (Å²) in [7, 11) is 3.60. The van der Waals surface area contributed by atoms with Gasteiger partial charge in [0.25, 0.3) is 5.91 Å². The number of hydrogen-bond donors (Lipinski definition) is 1. The van der Waals surface area contributed by atoms with Gasteiger partial charge in [0.15, 0.2) is 0 Å². The molecule has 0 unspecified atom stereocenters. The Kier molecular flexibility index (Phi) is 4.90. The van der Waals surface area contributed by atoms with E-state index in [4.69, 9.17) is 4.74 Å². The van der Waals surface area contributed by atoms with Crippen LogP contribution < -0.4 is 4.74 Å². The number of nitrogens with zero attached hydrogens (tertiary/aromatic N) is 2. The number of carbonyl (C=O) groups is 1. The van der Waals surface area contributed by atoms with E-state index in [9.17, 15) is 4.79 Å². The fourth-order valence-corrected chi connectivity index (χ4v) is 4.78. The standard InChI is InChI=1S/C21H29N3O2/c1-23(14-15-6-5-11-24-10-4-3-7-20(15)24)21(25)19-13-16-12-17(26-2)8-9-18(16)22-19/h8-9,12-13,15,20,22H,3-7,10-11,14H2,1-2H3/t15-,20+/m0/s1. The molecule has 0 spiro atoms. The number of benzene rings is 1. The molecule has 2 aromatic rings. The van der Waals surface area contributed by atoms with Gasteiger partial charge in [0, 0.05) is 30.5 Å². The highest BCUT2D eigenvalue weighted by atomic mass is 16.5. The zero-order valence-corrected chi connectivity index (χ0v) is 15.8. The summed E-state index contributed by atoms with van der Waals surface area (Å²) in [5, 5.41) is 1.01. The number of rotatable bonds is 4. The van der Waals surface area contributed by atoms with Gasteiger partial charge in [0.1, 0.15) is 11.4 Å². The number of aromatic nitrogens is 1. The molecule has 2 atom stereocenters. The van der Waals surface area contributed by atoms with Crippen molar-refractivity contribution in [2.75, 3.05) is 33.8 Å². The van der Waals surface area contributed by atoms with Gasteiger partial charge in [-0.1, -0.05) is 6.42 Å². The Hall–Kier alpha value is -2.01. The number of piperidine rings is 2. The first kappa shape index (κ1) is 17.4. The molecule has 0 bridgehead atoms. The third-order valence-corrected chi connectivity index (χ3v) is 6.14. The molecule has 5 heteroatoms. The molecule has 2 aliphatic heterocycles. The van der Waals surface area contributed by atoms with E-state index in [1.54, 1.807) is 7.11 Å². The molecule has 0 aliphatic carbocycles. The van der Waals surface area contributed by atoms with Crippen molar-refractivity contribution in [1.29, 1.82) is 0 Å². The summed E-state index contributed by atoms with van der Waals surface area (Å²) in [6.45, 7) is 3.32. The SMILES string of the molecule is COc1ccc2[nH]c(C(=O)N(C)C[C@@H]3CCCN4CCCC[C@H]34)cc2c1. The molecule has 1 amide bonds. The lowest BCUT2D eigenvalue weighted by Gasteiger charge is -2.45. The molecular formula is C21H29N3O2. The molecule has 5 nitrogen and oxygen atoms in total. The lowest BCUT2D eigenvalue weighted by Crippen LogP contribution is -2.51. The van der Waals surface area contributed by atoms with Gasteiger partial charge in [-0.3, -0.25) is 4.79 Å². The lowest BCUT2D eigenvalue weighted by atomic mass is 9.83. The van der Waals surface area contributed by atoms with Crippen LogP contribution in [0.25, 0.3) is 10.9 Å². The Bertz CT molecular complexity index is 783. The third kappa shape index (κ3) is 3.32. The third-order valence-electron chi connectivity index (χ3n) is 6.14. The maximum Gasteiger partial charge on any atom is 0.270 e. The highest BCUT2D eigenvalue weighted by molar-refractivity contribution is 5.98. The lowest BCUT2D eigenvalue weighted by molar-refractivity contribution is 0.0401. The fourth-order valence-electron chi connectivity index (χ4n) is 4.78. The summed E-state index contributed by atoms with van der Waals surface area (Å²) >= 11 is 0. The van der Waals surface area contributed by atoms with Crippen molar-refractivity contribution < 1.29 is 9.53 Å². The summed E-state index contributed by atoms with van der Waals surface area (Å²) in [5.41, 5.74) is 1.63. The van der Waals surface area contributed by atoms with Crippen molar-refractivity contribution in [2.45, 2.75) is 38.1 Å². The van der Waals surface area contributed by atoms with E-state index in [1.807, 2.05) is 36.2 Å². The van der Waals surface area contributed by atoms with Gasteiger partial charge in [-0.15, -0.1) is 0 Å². The monoisotopic (exact) mass is 355 g/mol. The van der Waals surface area contributed by atoms with Crippen LogP contribution in [0.3, 0.4) is 0 Å². The van der Waals surface area contributed by atoms with E-state index >= 15 is 0 Å². The first-order valence-electron chi connectivity index (χ1n) is 9.82. The summed E-state index contributed by atoms with van der Waals surface area (Å²) in [4.78, 5) is 20.8. The first-order valence-corrected chi connectivity index (χ1v) is 9.82. The average Bonchev–Trinajstić information content (AvgIpc) is 3.10. The van der Waals surface area contributed by atoms with Crippen LogP contribution in [0.15, 0.2) is 24.3 Å². The van der Waals surface area contributed by atoms with E-state index in [0.717, 1.165) is 23.2 Å². The Morgan fingerprint density at radius 2 is 2.08 bits per heavy atom. The van der Waals surface area contributed by atoms with Crippen molar-refractivity contribution in [1.82, 2.24) is 14.8 Å². The fraction of sp³-hybridized carbons (Fsp3) is 0.571. The number of methoxy groups -OCH3 is 1. The highest BCUT2D eigenvalue weighted by Gasteiger charge is 2.34. The van der Waals surface area contributed by atoms with Crippen molar-refractivity contribution in [3.63, 3.8) is 0 Å². The summed E-state index contributed by atoms with van der Waals surface area (Å²) in [6, 6.07) is 8.44. The number of hydrogen-bond acceptors (Lipinski definition) is 3. The van der Waals surface area contributed by atoms with Crippen LogP contribution in [-0.2, 0) is 0 Å². The van der Waals surface area contributed by atoms with Gasteiger partial charge in [0.05, 0.1) is 7.11 Å². The number of ether oxygens (including phenoxy) is 1. The molecule has 1 aromatic heterocycles. The van der Waals surface area contributed by atoms with Gasteiger partial charge in [0.2, 0.25) is 0 Å². The van der Waals surface area contributed by atoms with E-state index in [2.05, 4.69) is 9.88 Å². The number of H-pyrrole nitrogens is 1. The largest absolute Gasteiger partial charge is 0.497 e. The zero-order chi connectivity index (χ0) is 18.1. The predicted molar refractivity (Wildman–Crippen MR) is 104 cm³/mol. The van der Waals surface area contributed by atoms with E-state index in [-0.39, 0.29) is 5.91 Å². The molecule has 2 fully saturated rings. The molecule has 2 saturated heterocycles. The van der Waals surface area contributed by atoms with Gasteiger partial charge in [-0.2, -0.15) is 0 Å². The van der Waals surface area contributed by atoms with Crippen LogP contribution in [0.5, 0.6) is 5.75 Å². The van der Waals surface area contributed by atoms with Crippen LogP contribution in [0.4, 0.5) is 0 Å². The molecular weight excluding hydrogens is 326 g/mol. The van der Waals surface area contributed by atoms with Crippen LogP contribution in [0.2, 0.25) is 0 Å². The minimum absolute atomic E-state index is 0.0769. The summed E-state index contributed by atoms with van der Waals surface area (Å²) < 4.78 is 5.28. The average molecular weight is 355 g/mol. The van der Waals surface area contributed by atoms with Crippen molar-refractivity contribution in [2.24, 2.45) is 5.92 Å². The Labute approximate surface area is 155 Å². The van der Waals surface area contributed by atoms with Crippen molar-refractivity contribution >= 4 is 16.8 Å². The van der Waals surface area contributed by atoms with Crippen molar-refractivity contribution in [3.8, 4) is 5.75 Å². The predicted octanol–water partition coefficient (Wildman–Crippen LogP) is 3.51. The molecule has 0 radical (unpaired) electrons. The second kappa shape index (κ2) is 7.31. The van der Waals surface area contributed by atoms with Crippen molar-refractivity contribution in [3.05, 3.63) is 30.0 Å². The van der Waals surface area contributed by atoms with E-state index < -0.39 is 0 Å². The molecule has 3 heterocycles. The van der Waals surface area contributed by atoms with Crippen LogP contribution >= 0.6 is 0 Å². The second-order valence-corrected chi connectivity index (χ2v) is 7.82. The van der Waals surface area contributed by atoms with Crippen LogP contribution in [0, 0.1) is 5.92 Å². The second-order valence-electron chi connectivity index (χ2n) is 7.82. The van der Waals surface area contributed by atoms with E-state index in [1.165, 1.54) is 45.2 Å². The summed E-state index contributed by atoms with van der Waals surface area (Å²) in [5.74, 6) is 1.49. The van der Waals surface area contributed by atoms with Crippen LogP contribution in [-0.4, -0.2) is 60.5 Å². The maximum absolute atomic E-state index is 13.0. The summed E-state index contributed by atoms with van der Waals surface area (Å²) in [6.07, 6.45) is 6.45. The first-order chi connectivity index (χ1) is 12.7. The Morgan fingerprint density at radius 1 is 1.23 bits per heavy atom. The molecule has 4 rings (SSSR count). The Balaban J connectivity index is 1.47. The Morgan fingerprint density at radius 3 is 2.92 bits per heavy atom. The smallest absolute Gasteiger partial charge is 0.270 e. The molecule has 1 N–H and O–H groups in total. The van der Waals surface area contributed by atoms with Gasteiger partial charge >= 0.3 is 0 Å². The normalized spacial score (nSPS) is 23.6. The van der Waals surface area contributed by atoms with Gasteiger partial charge in [-0.05, 0) is 69.0 Å². The number of fused-ring (bicyclic) bond motifs is 2. The highest BCUT2D eigenvalue weighted by Crippen LogP contribution is 2.31. The number of carbonyl (C=O) groups excluding carboxylic acids is 1. The number of nitrogens with one attached hydrogen (secondary N) is 1. The maximum atomic E-state index is 13.0.